The van der Waals surface area contributed by atoms with Gasteiger partial charge in [-0.15, -0.1) is 11.3 Å². The van der Waals surface area contributed by atoms with E-state index in [1.54, 1.807) is 12.4 Å². The van der Waals surface area contributed by atoms with Crippen LogP contribution in [0.25, 0.3) is 0 Å². The Morgan fingerprint density at radius 2 is 2.04 bits per heavy atom. The number of fused-ring (bicyclic) bond motifs is 1. The van der Waals surface area contributed by atoms with Crippen molar-refractivity contribution < 1.29 is 8.78 Å². The Kier molecular flexibility index (Phi) is 5.18. The Balaban J connectivity index is 1.68. The average Bonchev–Trinajstić information content (AvgIpc) is 3.09. The van der Waals surface area contributed by atoms with Crippen LogP contribution in [-0.4, -0.2) is 21.5 Å². The van der Waals surface area contributed by atoms with E-state index in [1.807, 2.05) is 10.3 Å². The summed E-state index contributed by atoms with van der Waals surface area (Å²) in [5.41, 5.74) is 0.967. The van der Waals surface area contributed by atoms with Gasteiger partial charge in [-0.05, 0) is 31.4 Å². The van der Waals surface area contributed by atoms with Crippen molar-refractivity contribution in [2.45, 2.75) is 25.8 Å². The molecule has 3 heterocycles. The zero-order valence-electron chi connectivity index (χ0n) is 14.3. The van der Waals surface area contributed by atoms with Crippen molar-refractivity contribution in [2.75, 3.05) is 16.8 Å². The van der Waals surface area contributed by atoms with Crippen molar-refractivity contribution in [2.24, 2.45) is 0 Å². The van der Waals surface area contributed by atoms with E-state index in [1.165, 1.54) is 11.3 Å². The zero-order chi connectivity index (χ0) is 18.8. The monoisotopic (exact) mass is 407 g/mol. The van der Waals surface area contributed by atoms with Gasteiger partial charge in [0.25, 0.3) is 0 Å². The van der Waals surface area contributed by atoms with Gasteiger partial charge >= 0.3 is 0 Å². The predicted molar refractivity (Wildman–Crippen MR) is 103 cm³/mol. The fraction of sp³-hybridized carbons (Fsp3) is 0.278. The quantitative estimate of drug-likeness (QED) is 0.620. The summed E-state index contributed by atoms with van der Waals surface area (Å²) < 4.78 is 28.1. The number of thiazole rings is 1. The van der Waals surface area contributed by atoms with E-state index in [4.69, 9.17) is 11.6 Å². The molecule has 27 heavy (non-hydrogen) atoms. The van der Waals surface area contributed by atoms with Crippen LogP contribution in [-0.2, 0) is 13.0 Å². The number of halogens is 3. The SMILES string of the molecule is Fc1ccc(F)c(CN2CCCCc3ncc(Nc4nccs4)nc32)c1Cl. The number of nitrogens with one attached hydrogen (secondary N) is 1. The molecule has 9 heteroatoms. The second-order valence-electron chi connectivity index (χ2n) is 6.19. The summed E-state index contributed by atoms with van der Waals surface area (Å²) in [7, 11) is 0. The third kappa shape index (κ3) is 3.86. The number of aryl methyl sites for hydroxylation is 1. The Morgan fingerprint density at radius 1 is 1.19 bits per heavy atom. The largest absolute Gasteiger partial charge is 0.351 e. The third-order valence-corrected chi connectivity index (χ3v) is 5.47. The number of rotatable bonds is 4. The van der Waals surface area contributed by atoms with Gasteiger partial charge in [-0.25, -0.2) is 18.7 Å². The molecule has 0 atom stereocenters. The molecule has 0 bridgehead atoms. The highest BCUT2D eigenvalue weighted by molar-refractivity contribution is 7.13. The maximum absolute atomic E-state index is 14.3. The molecule has 0 aliphatic carbocycles. The molecule has 0 spiro atoms. The van der Waals surface area contributed by atoms with Crippen LogP contribution in [0.3, 0.4) is 0 Å². The molecular formula is C18H16ClF2N5S. The highest BCUT2D eigenvalue weighted by atomic mass is 35.5. The van der Waals surface area contributed by atoms with Crippen LogP contribution in [0.4, 0.5) is 25.5 Å². The predicted octanol–water partition coefficient (Wildman–Crippen LogP) is 4.95. The van der Waals surface area contributed by atoms with Crippen LogP contribution in [0, 0.1) is 11.6 Å². The smallest absolute Gasteiger partial charge is 0.188 e. The lowest BCUT2D eigenvalue weighted by molar-refractivity contribution is 0.579. The lowest BCUT2D eigenvalue weighted by Gasteiger charge is -2.24. The maximum Gasteiger partial charge on any atom is 0.188 e. The van der Waals surface area contributed by atoms with Gasteiger partial charge in [0.1, 0.15) is 11.6 Å². The first kappa shape index (κ1) is 18.1. The molecule has 1 N–H and O–H groups in total. The lowest BCUT2D eigenvalue weighted by Crippen LogP contribution is -2.26. The van der Waals surface area contributed by atoms with Crippen molar-refractivity contribution in [1.29, 1.82) is 0 Å². The first-order valence-corrected chi connectivity index (χ1v) is 9.77. The Bertz CT molecular complexity index is 951. The van der Waals surface area contributed by atoms with Gasteiger partial charge in [-0.3, -0.25) is 4.98 Å². The molecule has 0 fully saturated rings. The number of hydrogen-bond acceptors (Lipinski definition) is 6. The Morgan fingerprint density at radius 3 is 2.85 bits per heavy atom. The minimum atomic E-state index is -0.631. The molecule has 1 aliphatic rings. The molecule has 140 valence electrons. The normalized spacial score (nSPS) is 14.0. The van der Waals surface area contributed by atoms with Gasteiger partial charge in [-0.1, -0.05) is 11.6 Å². The van der Waals surface area contributed by atoms with E-state index in [9.17, 15) is 8.78 Å². The Labute approximate surface area is 164 Å². The van der Waals surface area contributed by atoms with Gasteiger partial charge in [-0.2, -0.15) is 0 Å². The summed E-state index contributed by atoms with van der Waals surface area (Å²) >= 11 is 7.47. The van der Waals surface area contributed by atoms with E-state index in [-0.39, 0.29) is 17.1 Å². The van der Waals surface area contributed by atoms with Crippen LogP contribution in [0.2, 0.25) is 5.02 Å². The molecule has 1 aromatic carbocycles. The zero-order valence-corrected chi connectivity index (χ0v) is 15.8. The van der Waals surface area contributed by atoms with Crippen LogP contribution in [0.1, 0.15) is 24.1 Å². The molecule has 0 unspecified atom stereocenters. The molecular weight excluding hydrogens is 392 g/mol. The fourth-order valence-electron chi connectivity index (χ4n) is 3.05. The second kappa shape index (κ2) is 7.74. The summed E-state index contributed by atoms with van der Waals surface area (Å²) in [4.78, 5) is 15.3. The van der Waals surface area contributed by atoms with Gasteiger partial charge < -0.3 is 10.2 Å². The molecule has 0 saturated carbocycles. The lowest BCUT2D eigenvalue weighted by atomic mass is 10.2. The molecule has 2 aromatic heterocycles. The summed E-state index contributed by atoms with van der Waals surface area (Å²) in [6.45, 7) is 0.791. The van der Waals surface area contributed by atoms with E-state index in [0.29, 0.717) is 23.3 Å². The number of benzene rings is 1. The van der Waals surface area contributed by atoms with E-state index >= 15 is 0 Å². The van der Waals surface area contributed by atoms with Crippen LogP contribution < -0.4 is 10.2 Å². The minimum Gasteiger partial charge on any atom is -0.351 e. The molecule has 5 nitrogen and oxygen atoms in total. The van der Waals surface area contributed by atoms with Crippen molar-refractivity contribution in [3.05, 3.63) is 57.8 Å². The number of hydrogen-bond donors (Lipinski definition) is 1. The molecule has 0 amide bonds. The third-order valence-electron chi connectivity index (χ3n) is 4.37. The van der Waals surface area contributed by atoms with Crippen molar-refractivity contribution in [3.63, 3.8) is 0 Å². The van der Waals surface area contributed by atoms with Crippen molar-refractivity contribution in [3.8, 4) is 0 Å². The van der Waals surface area contributed by atoms with Crippen molar-refractivity contribution >= 4 is 39.7 Å². The summed E-state index contributed by atoms with van der Waals surface area (Å²) in [6.07, 6.45) is 6.01. The molecule has 1 aliphatic heterocycles. The van der Waals surface area contributed by atoms with Gasteiger partial charge in [0.05, 0.1) is 16.9 Å². The first-order valence-electron chi connectivity index (χ1n) is 8.51. The number of anilines is 3. The van der Waals surface area contributed by atoms with Crippen LogP contribution in [0.5, 0.6) is 0 Å². The minimum absolute atomic E-state index is 0.129. The number of nitrogens with zero attached hydrogens (tertiary/aromatic N) is 4. The second-order valence-corrected chi connectivity index (χ2v) is 7.46. The average molecular weight is 408 g/mol. The van der Waals surface area contributed by atoms with Crippen molar-refractivity contribution in [1.82, 2.24) is 15.0 Å². The van der Waals surface area contributed by atoms with Crippen LogP contribution in [0.15, 0.2) is 29.9 Å². The van der Waals surface area contributed by atoms with Gasteiger partial charge in [0.15, 0.2) is 16.8 Å². The molecule has 0 saturated heterocycles. The highest BCUT2D eigenvalue weighted by Crippen LogP contribution is 2.30. The topological polar surface area (TPSA) is 53.9 Å². The first-order chi connectivity index (χ1) is 13.1. The van der Waals surface area contributed by atoms with Gasteiger partial charge in [0, 0.05) is 30.2 Å². The van der Waals surface area contributed by atoms with E-state index < -0.39 is 11.6 Å². The summed E-state index contributed by atoms with van der Waals surface area (Å²) in [6, 6.07) is 2.13. The Hall–Kier alpha value is -2.32. The fourth-order valence-corrected chi connectivity index (χ4v) is 3.80. The molecule has 0 radical (unpaired) electrons. The van der Waals surface area contributed by atoms with Gasteiger partial charge in [0.2, 0.25) is 0 Å². The maximum atomic E-state index is 14.3. The summed E-state index contributed by atoms with van der Waals surface area (Å²) in [5, 5.41) is 5.50. The molecule has 4 rings (SSSR count). The van der Waals surface area contributed by atoms with E-state index in [0.717, 1.165) is 37.1 Å². The number of aromatic nitrogens is 3. The highest BCUT2D eigenvalue weighted by Gasteiger charge is 2.22. The van der Waals surface area contributed by atoms with Crippen LogP contribution >= 0.6 is 22.9 Å². The molecule has 3 aromatic rings. The summed E-state index contributed by atoms with van der Waals surface area (Å²) in [5.74, 6) is 0.0563. The van der Waals surface area contributed by atoms with E-state index in [2.05, 4.69) is 20.3 Å². The standard InChI is InChI=1S/C18H16ClF2N5S/c19-16-11(12(20)4-5-13(16)21)10-26-7-2-1-3-14-17(26)24-15(9-23-14)25-18-22-6-8-27-18/h4-6,8-9H,1-3,7,10H2,(H,22,24,25).